The van der Waals surface area contributed by atoms with Crippen LogP contribution >= 0.6 is 22.9 Å². The van der Waals surface area contributed by atoms with E-state index in [4.69, 9.17) is 16.0 Å². The summed E-state index contributed by atoms with van der Waals surface area (Å²) in [6.45, 7) is 2.32. The second-order valence-electron chi connectivity index (χ2n) is 8.61. The summed E-state index contributed by atoms with van der Waals surface area (Å²) < 4.78 is 19.6. The first-order valence-electron chi connectivity index (χ1n) is 11.3. The van der Waals surface area contributed by atoms with Crippen LogP contribution in [0.5, 0.6) is 0 Å². The molecule has 7 nitrogen and oxygen atoms in total. The number of nitrogens with one attached hydrogen (secondary N) is 1. The standard InChI is InChI=1S/C26H21ClFN3O4S/c1-14(32)22-12-16-11-17(5-6-21(16)35-22)29-24(33)20-13-36-25(30-20)15-7-9-31(10-8-15)26(34)23-18(27)3-2-4-19(23)28/h2-6,11-13,15H,7-10H2,1H3,(H,29,33). The largest absolute Gasteiger partial charge is 0.453 e. The van der Waals surface area contributed by atoms with Crippen molar-refractivity contribution in [3.63, 3.8) is 0 Å². The van der Waals surface area contributed by atoms with E-state index in [1.165, 1.54) is 36.5 Å². The first-order chi connectivity index (χ1) is 17.3. The van der Waals surface area contributed by atoms with Crippen LogP contribution in [0.2, 0.25) is 5.02 Å². The fraction of sp³-hybridized carbons (Fsp3) is 0.231. The summed E-state index contributed by atoms with van der Waals surface area (Å²) in [5.41, 5.74) is 1.34. The number of thiazole rings is 1. The molecule has 2 aromatic carbocycles. The van der Waals surface area contributed by atoms with Gasteiger partial charge in [0.2, 0.25) is 0 Å². The van der Waals surface area contributed by atoms with Crippen molar-refractivity contribution < 1.29 is 23.2 Å². The van der Waals surface area contributed by atoms with E-state index < -0.39 is 11.7 Å². The van der Waals surface area contributed by atoms with Crippen LogP contribution in [0.3, 0.4) is 0 Å². The van der Waals surface area contributed by atoms with E-state index in [9.17, 15) is 18.8 Å². The average Bonchev–Trinajstić information content (AvgIpc) is 3.52. The second kappa shape index (κ2) is 9.83. The lowest BCUT2D eigenvalue weighted by atomic mass is 9.97. The number of piperidine rings is 1. The quantitative estimate of drug-likeness (QED) is 0.315. The maximum absolute atomic E-state index is 14.1. The molecule has 2 amide bonds. The minimum Gasteiger partial charge on any atom is -0.453 e. The number of hydrogen-bond donors (Lipinski definition) is 1. The van der Waals surface area contributed by atoms with Crippen molar-refractivity contribution >= 4 is 57.2 Å². The van der Waals surface area contributed by atoms with Gasteiger partial charge in [-0.15, -0.1) is 11.3 Å². The number of nitrogens with zero attached hydrogens (tertiary/aromatic N) is 2. The van der Waals surface area contributed by atoms with Crippen LogP contribution in [0.1, 0.15) is 62.1 Å². The lowest BCUT2D eigenvalue weighted by Gasteiger charge is -2.31. The van der Waals surface area contributed by atoms with Crippen LogP contribution in [0.4, 0.5) is 10.1 Å². The minimum atomic E-state index is -0.628. The molecule has 5 rings (SSSR count). The van der Waals surface area contributed by atoms with Crippen molar-refractivity contribution in [3.05, 3.63) is 80.7 Å². The molecule has 36 heavy (non-hydrogen) atoms. The molecule has 0 spiro atoms. The molecular formula is C26H21ClFN3O4S. The molecular weight excluding hydrogens is 505 g/mol. The number of furan rings is 1. The Balaban J connectivity index is 1.22. The van der Waals surface area contributed by atoms with Crippen LogP contribution in [-0.2, 0) is 0 Å². The number of halogens is 2. The number of benzene rings is 2. The monoisotopic (exact) mass is 525 g/mol. The Hall–Kier alpha value is -3.56. The first-order valence-corrected chi connectivity index (χ1v) is 12.6. The summed E-state index contributed by atoms with van der Waals surface area (Å²) in [5.74, 6) is -1.18. The minimum absolute atomic E-state index is 0.100. The lowest BCUT2D eigenvalue weighted by molar-refractivity contribution is 0.0708. The Morgan fingerprint density at radius 2 is 1.94 bits per heavy atom. The van der Waals surface area contributed by atoms with Gasteiger partial charge in [0.05, 0.1) is 15.6 Å². The van der Waals surface area contributed by atoms with Crippen molar-refractivity contribution in [2.75, 3.05) is 18.4 Å². The molecule has 3 heterocycles. The lowest BCUT2D eigenvalue weighted by Crippen LogP contribution is -2.38. The van der Waals surface area contributed by atoms with Crippen molar-refractivity contribution in [3.8, 4) is 0 Å². The third-order valence-corrected chi connectivity index (χ3v) is 7.51. The highest BCUT2D eigenvalue weighted by molar-refractivity contribution is 7.10. The van der Waals surface area contributed by atoms with E-state index in [-0.39, 0.29) is 34.0 Å². The number of rotatable bonds is 5. The number of aromatic nitrogens is 1. The molecule has 0 saturated carbocycles. The van der Waals surface area contributed by atoms with Crippen molar-refractivity contribution in [1.29, 1.82) is 0 Å². The van der Waals surface area contributed by atoms with Gasteiger partial charge in [0.25, 0.3) is 11.8 Å². The number of Topliss-reactive ketones (excluding diaryl/α,β-unsaturated/α-hetero) is 1. The molecule has 10 heteroatoms. The number of ketones is 1. The molecule has 1 aliphatic heterocycles. The zero-order valence-corrected chi connectivity index (χ0v) is 20.8. The van der Waals surface area contributed by atoms with Gasteiger partial charge >= 0.3 is 0 Å². The van der Waals surface area contributed by atoms with Gasteiger partial charge in [0, 0.05) is 42.4 Å². The van der Waals surface area contributed by atoms with E-state index in [1.807, 2.05) is 0 Å². The van der Waals surface area contributed by atoms with Gasteiger partial charge in [-0.1, -0.05) is 17.7 Å². The van der Waals surface area contributed by atoms with E-state index in [0.29, 0.717) is 42.9 Å². The summed E-state index contributed by atoms with van der Waals surface area (Å²) in [4.78, 5) is 43.2. The molecule has 1 aliphatic rings. The van der Waals surface area contributed by atoms with Crippen LogP contribution in [0, 0.1) is 5.82 Å². The molecule has 184 valence electrons. The number of carbonyl (C=O) groups is 3. The van der Waals surface area contributed by atoms with Crippen molar-refractivity contribution in [2.45, 2.75) is 25.7 Å². The van der Waals surface area contributed by atoms with Gasteiger partial charge in [0.15, 0.2) is 11.5 Å². The number of carbonyl (C=O) groups excluding carboxylic acids is 3. The fourth-order valence-electron chi connectivity index (χ4n) is 4.26. The highest BCUT2D eigenvalue weighted by Gasteiger charge is 2.29. The maximum Gasteiger partial charge on any atom is 0.275 e. The highest BCUT2D eigenvalue weighted by atomic mass is 35.5. The SMILES string of the molecule is CC(=O)c1cc2cc(NC(=O)c3csc(C4CCN(C(=O)c5c(F)cccc5Cl)CC4)n3)ccc2o1. The van der Waals surface area contributed by atoms with Gasteiger partial charge < -0.3 is 14.6 Å². The number of fused-ring (bicyclic) bond motifs is 1. The first kappa shape index (κ1) is 24.1. The number of anilines is 1. The summed E-state index contributed by atoms with van der Waals surface area (Å²) in [6, 6.07) is 11.0. The normalized spacial score (nSPS) is 14.2. The van der Waals surface area contributed by atoms with Gasteiger partial charge in [-0.3, -0.25) is 14.4 Å². The van der Waals surface area contributed by atoms with Crippen LogP contribution in [0.25, 0.3) is 11.0 Å². The van der Waals surface area contributed by atoms with E-state index >= 15 is 0 Å². The van der Waals surface area contributed by atoms with Gasteiger partial charge in [-0.25, -0.2) is 9.37 Å². The number of likely N-dealkylation sites (tertiary alicyclic amines) is 1. The second-order valence-corrected chi connectivity index (χ2v) is 9.90. The Morgan fingerprint density at radius 1 is 1.17 bits per heavy atom. The molecule has 1 saturated heterocycles. The Bertz CT molecular complexity index is 1470. The molecule has 4 aromatic rings. The van der Waals surface area contributed by atoms with E-state index in [1.54, 1.807) is 34.5 Å². The van der Waals surface area contributed by atoms with Crippen LogP contribution < -0.4 is 5.32 Å². The molecule has 2 aromatic heterocycles. The van der Waals surface area contributed by atoms with Crippen molar-refractivity contribution in [2.24, 2.45) is 0 Å². The topological polar surface area (TPSA) is 92.5 Å². The third kappa shape index (κ3) is 4.76. The number of hydrogen-bond acceptors (Lipinski definition) is 6. The predicted molar refractivity (Wildman–Crippen MR) is 136 cm³/mol. The van der Waals surface area contributed by atoms with E-state index in [2.05, 4.69) is 10.3 Å². The van der Waals surface area contributed by atoms with Crippen molar-refractivity contribution in [1.82, 2.24) is 9.88 Å². The Morgan fingerprint density at radius 3 is 2.67 bits per heavy atom. The summed E-state index contributed by atoms with van der Waals surface area (Å²) in [7, 11) is 0. The molecule has 1 fully saturated rings. The summed E-state index contributed by atoms with van der Waals surface area (Å²) in [5, 5.41) is 6.19. The third-order valence-electron chi connectivity index (χ3n) is 6.18. The molecule has 0 radical (unpaired) electrons. The number of amides is 2. The zero-order valence-electron chi connectivity index (χ0n) is 19.2. The Kier molecular flexibility index (Phi) is 6.59. The molecule has 0 bridgehead atoms. The molecule has 0 aliphatic carbocycles. The predicted octanol–water partition coefficient (Wildman–Crippen LogP) is 6.16. The summed E-state index contributed by atoms with van der Waals surface area (Å²) in [6.07, 6.45) is 1.31. The van der Waals surface area contributed by atoms with Gasteiger partial charge in [-0.2, -0.15) is 0 Å². The van der Waals surface area contributed by atoms with Crippen LogP contribution in [-0.4, -0.2) is 40.6 Å². The molecule has 1 N–H and O–H groups in total. The highest BCUT2D eigenvalue weighted by Crippen LogP contribution is 2.32. The summed E-state index contributed by atoms with van der Waals surface area (Å²) >= 11 is 7.45. The molecule has 0 atom stereocenters. The van der Waals surface area contributed by atoms with Gasteiger partial charge in [0.1, 0.15) is 17.1 Å². The zero-order chi connectivity index (χ0) is 25.4. The fourth-order valence-corrected chi connectivity index (χ4v) is 5.47. The maximum atomic E-state index is 14.1. The average molecular weight is 526 g/mol. The van der Waals surface area contributed by atoms with Gasteiger partial charge in [-0.05, 0) is 49.2 Å². The molecule has 0 unspecified atom stereocenters. The Labute approximate surface area is 214 Å². The van der Waals surface area contributed by atoms with E-state index in [0.717, 1.165) is 10.4 Å². The van der Waals surface area contributed by atoms with Crippen LogP contribution in [0.15, 0.2) is 52.3 Å². The smallest absolute Gasteiger partial charge is 0.275 e.